The van der Waals surface area contributed by atoms with Crippen LogP contribution in [0.5, 0.6) is 5.88 Å². The van der Waals surface area contributed by atoms with Crippen LogP contribution < -0.4 is 4.74 Å². The van der Waals surface area contributed by atoms with Crippen molar-refractivity contribution in [3.63, 3.8) is 0 Å². The van der Waals surface area contributed by atoms with Crippen LogP contribution in [0.25, 0.3) is 0 Å². The van der Waals surface area contributed by atoms with Gasteiger partial charge in [-0.2, -0.15) is 0 Å². The minimum absolute atomic E-state index is 0.0112. The van der Waals surface area contributed by atoms with Gasteiger partial charge in [0.05, 0.1) is 24.6 Å². The molecule has 2 aliphatic rings. The average Bonchev–Trinajstić information content (AvgIpc) is 2.63. The molecule has 1 aliphatic carbocycles. The van der Waals surface area contributed by atoms with E-state index in [9.17, 15) is 13.2 Å². The summed E-state index contributed by atoms with van der Waals surface area (Å²) in [5.74, 6) is 0.327. The van der Waals surface area contributed by atoms with Crippen molar-refractivity contribution >= 4 is 15.9 Å². The van der Waals surface area contributed by atoms with E-state index in [1.165, 1.54) is 17.3 Å². The largest absolute Gasteiger partial charge is 0.473 e. The second-order valence-corrected chi connectivity index (χ2v) is 9.05. The van der Waals surface area contributed by atoms with Gasteiger partial charge in [0.2, 0.25) is 5.88 Å². The maximum atomic E-state index is 11.4. The van der Waals surface area contributed by atoms with Crippen molar-refractivity contribution in [1.82, 2.24) is 14.9 Å². The first-order valence-corrected chi connectivity index (χ1v) is 11.0. The molecular formula is C17H25N3O6S. The lowest BCUT2D eigenvalue weighted by molar-refractivity contribution is -0.0644. The number of sulfone groups is 1. The predicted octanol–water partition coefficient (Wildman–Crippen LogP) is 1.73. The first-order valence-electron chi connectivity index (χ1n) is 9.13. The van der Waals surface area contributed by atoms with E-state index in [1.807, 2.05) is 0 Å². The Hall–Kier alpha value is -1.94. The van der Waals surface area contributed by atoms with Crippen molar-refractivity contribution in [3.05, 3.63) is 12.4 Å². The molecule has 0 atom stereocenters. The topological polar surface area (TPSA) is 119 Å². The van der Waals surface area contributed by atoms with Gasteiger partial charge in [0.25, 0.3) is 0 Å². The number of likely N-dealkylation sites (tertiary alicyclic amines) is 1. The molecule has 0 aromatic carbocycles. The van der Waals surface area contributed by atoms with Crippen molar-refractivity contribution in [2.24, 2.45) is 0 Å². The minimum atomic E-state index is -3.36. The molecule has 0 radical (unpaired) electrons. The monoisotopic (exact) mass is 399 g/mol. The van der Waals surface area contributed by atoms with Crippen molar-refractivity contribution in [2.75, 3.05) is 19.3 Å². The van der Waals surface area contributed by atoms with E-state index in [0.29, 0.717) is 19.0 Å². The lowest BCUT2D eigenvalue weighted by atomic mass is 9.94. The molecule has 1 saturated heterocycles. The number of nitrogens with zero attached hydrogens (tertiary/aromatic N) is 3. The molecule has 1 N–H and O–H groups in total. The number of hydrogen-bond acceptors (Lipinski definition) is 7. The molecule has 150 valence electrons. The Morgan fingerprint density at radius 3 is 2.15 bits per heavy atom. The number of aromatic nitrogens is 2. The highest BCUT2D eigenvalue weighted by Gasteiger charge is 2.28. The Bertz CT molecular complexity index is 738. The fourth-order valence-electron chi connectivity index (χ4n) is 3.47. The Balaban J connectivity index is 1.41. The molecular weight excluding hydrogens is 374 g/mol. The maximum Gasteiger partial charge on any atom is 0.407 e. The summed E-state index contributed by atoms with van der Waals surface area (Å²) < 4.78 is 34.7. The van der Waals surface area contributed by atoms with Gasteiger partial charge in [-0.15, -0.1) is 0 Å². The third-order valence-corrected chi connectivity index (χ3v) is 5.96. The zero-order valence-corrected chi connectivity index (χ0v) is 16.1. The van der Waals surface area contributed by atoms with E-state index in [0.717, 1.165) is 44.8 Å². The fraction of sp³-hybridized carbons (Fsp3) is 0.706. The van der Waals surface area contributed by atoms with E-state index >= 15 is 0 Å². The fourth-order valence-corrected chi connectivity index (χ4v) is 3.96. The van der Waals surface area contributed by atoms with Crippen LogP contribution in [-0.4, -0.2) is 72.1 Å². The quantitative estimate of drug-likeness (QED) is 0.795. The minimum Gasteiger partial charge on any atom is -0.473 e. The molecule has 1 aromatic rings. The first-order chi connectivity index (χ1) is 12.8. The van der Waals surface area contributed by atoms with Gasteiger partial charge in [0.1, 0.15) is 6.10 Å². The summed E-state index contributed by atoms with van der Waals surface area (Å²) >= 11 is 0. The van der Waals surface area contributed by atoms with Gasteiger partial charge in [0.15, 0.2) is 14.9 Å². The maximum absolute atomic E-state index is 11.4. The van der Waals surface area contributed by atoms with Gasteiger partial charge in [0, 0.05) is 19.3 Å². The van der Waals surface area contributed by atoms with Crippen molar-refractivity contribution in [2.45, 2.75) is 61.9 Å². The number of carboxylic acid groups (broad SMARTS) is 1. The third-order valence-electron chi connectivity index (χ3n) is 4.99. The first kappa shape index (κ1) is 19.8. The summed E-state index contributed by atoms with van der Waals surface area (Å²) in [6, 6.07) is 0. The standard InChI is InChI=1S/C17H25N3O6S/c1-27(23,24)16-11-18-15(10-19-16)26-13-4-2-12(3-5-13)25-14-6-8-20(9-7-14)17(21)22/h10-14H,2-9H2,1H3,(H,21,22)/t12-,13-. The molecule has 0 bridgehead atoms. The molecule has 9 nitrogen and oxygen atoms in total. The van der Waals surface area contributed by atoms with Gasteiger partial charge in [-0.3, -0.25) is 0 Å². The van der Waals surface area contributed by atoms with Crippen LogP contribution in [-0.2, 0) is 14.6 Å². The van der Waals surface area contributed by atoms with Crippen molar-refractivity contribution < 1.29 is 27.8 Å². The van der Waals surface area contributed by atoms with Crippen LogP contribution >= 0.6 is 0 Å². The summed E-state index contributed by atoms with van der Waals surface area (Å²) in [7, 11) is -3.36. The van der Waals surface area contributed by atoms with Crippen LogP contribution in [0.4, 0.5) is 4.79 Å². The van der Waals surface area contributed by atoms with E-state index < -0.39 is 15.9 Å². The summed E-state index contributed by atoms with van der Waals surface area (Å²) in [5.41, 5.74) is 0. The van der Waals surface area contributed by atoms with E-state index in [2.05, 4.69) is 9.97 Å². The Morgan fingerprint density at radius 2 is 1.63 bits per heavy atom. The summed E-state index contributed by atoms with van der Waals surface area (Å²) in [4.78, 5) is 20.3. The Kier molecular flexibility index (Phi) is 6.15. The van der Waals surface area contributed by atoms with Gasteiger partial charge < -0.3 is 19.5 Å². The zero-order valence-electron chi connectivity index (χ0n) is 15.3. The average molecular weight is 399 g/mol. The van der Waals surface area contributed by atoms with Gasteiger partial charge in [-0.05, 0) is 38.5 Å². The second-order valence-electron chi connectivity index (χ2n) is 7.09. The number of hydrogen-bond donors (Lipinski definition) is 1. The number of carbonyl (C=O) groups is 1. The molecule has 1 amide bonds. The molecule has 1 saturated carbocycles. The van der Waals surface area contributed by atoms with Crippen LogP contribution in [0.1, 0.15) is 38.5 Å². The zero-order chi connectivity index (χ0) is 19.4. The number of rotatable bonds is 5. The van der Waals surface area contributed by atoms with Crippen LogP contribution in [0, 0.1) is 0 Å². The van der Waals surface area contributed by atoms with Crippen LogP contribution in [0.15, 0.2) is 17.4 Å². The lowest BCUT2D eigenvalue weighted by Gasteiger charge is -2.35. The molecule has 3 rings (SSSR count). The molecule has 10 heteroatoms. The normalized spacial score (nSPS) is 24.6. The number of ether oxygens (including phenoxy) is 2. The van der Waals surface area contributed by atoms with E-state index in [1.54, 1.807) is 0 Å². The van der Waals surface area contributed by atoms with Gasteiger partial charge in [-0.25, -0.2) is 23.2 Å². The Morgan fingerprint density at radius 1 is 1.04 bits per heavy atom. The molecule has 27 heavy (non-hydrogen) atoms. The Labute approximate surface area is 158 Å². The summed E-state index contributed by atoms with van der Waals surface area (Å²) in [6.45, 7) is 1.06. The van der Waals surface area contributed by atoms with Crippen LogP contribution in [0.2, 0.25) is 0 Å². The highest BCUT2D eigenvalue weighted by Crippen LogP contribution is 2.27. The molecule has 0 spiro atoms. The summed E-state index contributed by atoms with van der Waals surface area (Å²) in [5, 5.41) is 8.91. The smallest absolute Gasteiger partial charge is 0.407 e. The molecule has 1 aliphatic heterocycles. The molecule has 2 fully saturated rings. The highest BCUT2D eigenvalue weighted by molar-refractivity contribution is 7.90. The van der Waals surface area contributed by atoms with Gasteiger partial charge >= 0.3 is 6.09 Å². The second kappa shape index (κ2) is 8.39. The number of amides is 1. The SMILES string of the molecule is CS(=O)(=O)c1cnc(O[C@H]2CC[C@H](OC3CCN(C(=O)O)CC3)CC2)cn1. The molecule has 0 unspecified atom stereocenters. The van der Waals surface area contributed by atoms with Crippen LogP contribution in [0.3, 0.4) is 0 Å². The molecule has 2 heterocycles. The van der Waals surface area contributed by atoms with E-state index in [4.69, 9.17) is 14.6 Å². The van der Waals surface area contributed by atoms with E-state index in [-0.39, 0.29) is 23.3 Å². The third kappa shape index (κ3) is 5.52. The number of piperidine rings is 1. The molecule has 1 aromatic heterocycles. The summed E-state index contributed by atoms with van der Waals surface area (Å²) in [6.07, 6.45) is 7.97. The highest BCUT2D eigenvalue weighted by atomic mass is 32.2. The van der Waals surface area contributed by atoms with Crippen molar-refractivity contribution in [3.8, 4) is 5.88 Å². The predicted molar refractivity (Wildman–Crippen MR) is 95.5 cm³/mol. The van der Waals surface area contributed by atoms with Gasteiger partial charge in [-0.1, -0.05) is 0 Å². The lowest BCUT2D eigenvalue weighted by Crippen LogP contribution is -2.41. The van der Waals surface area contributed by atoms with Crippen molar-refractivity contribution in [1.29, 1.82) is 0 Å².